The van der Waals surface area contributed by atoms with Gasteiger partial charge in [0.25, 0.3) is 0 Å². The van der Waals surface area contributed by atoms with E-state index in [1.807, 2.05) is 13.0 Å². The Kier molecular flexibility index (Phi) is 7.32. The molecule has 0 amide bonds. The first kappa shape index (κ1) is 29.4. The van der Waals surface area contributed by atoms with Crippen LogP contribution in [-0.2, 0) is 16.4 Å². The van der Waals surface area contributed by atoms with Crippen molar-refractivity contribution < 1.29 is 22.3 Å². The summed E-state index contributed by atoms with van der Waals surface area (Å²) >= 11 is 0. The van der Waals surface area contributed by atoms with Crippen molar-refractivity contribution in [3.8, 4) is 17.3 Å². The monoisotopic (exact) mass is 627 g/mol. The SMILES string of the molecule is Cc1cc2c(cc1C1CCN(S(=O)(=O)C3CC3)CC1)CC(C(=O)c1cnn(-c3cnc(Oc4ccccc4F)cc3C)c1N)=C2. The van der Waals surface area contributed by atoms with Crippen LogP contribution < -0.4 is 10.5 Å². The highest BCUT2D eigenvalue weighted by Crippen LogP contribution is 2.39. The molecular formula is C34H34FN5O4S. The van der Waals surface area contributed by atoms with Gasteiger partial charge in [-0.25, -0.2) is 26.8 Å². The molecule has 9 nitrogen and oxygen atoms in total. The summed E-state index contributed by atoms with van der Waals surface area (Å²) in [6, 6.07) is 12.1. The summed E-state index contributed by atoms with van der Waals surface area (Å²) in [7, 11) is -3.15. The summed E-state index contributed by atoms with van der Waals surface area (Å²) in [6.07, 6.45) is 8.58. The first-order chi connectivity index (χ1) is 21.6. The van der Waals surface area contributed by atoms with E-state index in [-0.39, 0.29) is 34.4 Å². The van der Waals surface area contributed by atoms with Crippen LogP contribution in [0, 0.1) is 19.7 Å². The summed E-state index contributed by atoms with van der Waals surface area (Å²) < 4.78 is 48.2. The highest BCUT2D eigenvalue weighted by atomic mass is 32.2. The average Bonchev–Trinajstić information content (AvgIpc) is 3.72. The Bertz CT molecular complexity index is 1970. The number of para-hydroxylation sites is 1. The van der Waals surface area contributed by atoms with Crippen molar-refractivity contribution >= 4 is 27.7 Å². The molecule has 0 atom stereocenters. The van der Waals surface area contributed by atoms with Crippen molar-refractivity contribution in [1.29, 1.82) is 0 Å². The number of fused-ring (bicyclic) bond motifs is 1. The zero-order valence-corrected chi connectivity index (χ0v) is 26.0. The van der Waals surface area contributed by atoms with Crippen molar-refractivity contribution in [2.75, 3.05) is 18.8 Å². The molecule has 3 aliphatic rings. The van der Waals surface area contributed by atoms with Gasteiger partial charge in [-0.1, -0.05) is 24.3 Å². The fourth-order valence-electron chi connectivity index (χ4n) is 6.45. The Labute approximate surface area is 261 Å². The number of nitrogens with zero attached hydrogens (tertiary/aromatic N) is 4. The van der Waals surface area contributed by atoms with Gasteiger partial charge < -0.3 is 10.5 Å². The number of carbonyl (C=O) groups excluding carboxylic acids is 1. The molecule has 11 heteroatoms. The van der Waals surface area contributed by atoms with Crippen molar-refractivity contribution in [2.45, 2.75) is 57.1 Å². The Morgan fingerprint density at radius 2 is 1.78 bits per heavy atom. The number of nitrogens with two attached hydrogens (primary N) is 1. The number of Topliss-reactive ketones (excluding diaryl/α,β-unsaturated/α-hetero) is 1. The van der Waals surface area contributed by atoms with E-state index in [0.29, 0.717) is 36.3 Å². The normalized spacial score (nSPS) is 17.3. The standard InChI is InChI=1S/C34H34FN5O4S/c1-20-13-23-15-25(16-24(23)17-27(20)22-9-11-39(12-10-22)45(42,43)26-7-8-26)33(41)28-18-38-40(34(28)36)30-19-37-32(14-21(30)2)44-31-6-4-3-5-29(31)35/h3-6,13-15,17-19,22,26H,7-12,16,36H2,1-2H3. The fraction of sp³-hybridized carbons (Fsp3) is 0.324. The molecule has 2 aromatic carbocycles. The lowest BCUT2D eigenvalue weighted by molar-refractivity contribution is 0.103. The number of aromatic nitrogens is 3. The lowest BCUT2D eigenvalue weighted by atomic mass is 9.85. The first-order valence-corrected chi connectivity index (χ1v) is 16.7. The molecule has 45 heavy (non-hydrogen) atoms. The molecule has 0 spiro atoms. The number of pyridine rings is 1. The number of ether oxygens (including phenoxy) is 1. The van der Waals surface area contributed by atoms with Gasteiger partial charge in [0, 0.05) is 31.1 Å². The fourth-order valence-corrected chi connectivity index (χ4v) is 8.32. The highest BCUT2D eigenvalue weighted by molar-refractivity contribution is 7.90. The number of anilines is 1. The number of ketones is 1. The number of carbonyl (C=O) groups is 1. The molecule has 1 aliphatic heterocycles. The van der Waals surface area contributed by atoms with Crippen LogP contribution in [0.4, 0.5) is 10.2 Å². The molecule has 4 aromatic rings. The van der Waals surface area contributed by atoms with E-state index in [0.717, 1.165) is 47.9 Å². The van der Waals surface area contributed by atoms with Gasteiger partial charge in [0.15, 0.2) is 17.3 Å². The van der Waals surface area contributed by atoms with Gasteiger partial charge in [0.2, 0.25) is 15.9 Å². The summed E-state index contributed by atoms with van der Waals surface area (Å²) in [6.45, 7) is 5.03. The summed E-state index contributed by atoms with van der Waals surface area (Å²) in [5, 5.41) is 4.23. The van der Waals surface area contributed by atoms with Crippen molar-refractivity contribution in [2.24, 2.45) is 0 Å². The third kappa shape index (κ3) is 5.44. The van der Waals surface area contributed by atoms with Gasteiger partial charge in [-0.15, -0.1) is 0 Å². The van der Waals surface area contributed by atoms with Gasteiger partial charge in [-0.05, 0) is 91.5 Å². The molecule has 2 aromatic heterocycles. The minimum atomic E-state index is -3.15. The minimum absolute atomic E-state index is 0.0708. The van der Waals surface area contributed by atoms with Crippen LogP contribution in [-0.4, -0.2) is 51.6 Å². The number of hydrogen-bond donors (Lipinski definition) is 1. The van der Waals surface area contributed by atoms with Crippen LogP contribution in [0.25, 0.3) is 11.8 Å². The average molecular weight is 628 g/mol. The molecule has 0 radical (unpaired) electrons. The van der Waals surface area contributed by atoms with E-state index < -0.39 is 15.8 Å². The Balaban J connectivity index is 1.05. The number of allylic oxidation sites excluding steroid dienone is 1. The first-order valence-electron chi connectivity index (χ1n) is 15.2. The zero-order valence-electron chi connectivity index (χ0n) is 25.2. The largest absolute Gasteiger partial charge is 0.436 e. The molecule has 2 fully saturated rings. The molecular weight excluding hydrogens is 593 g/mol. The Morgan fingerprint density at radius 1 is 1.02 bits per heavy atom. The molecule has 3 heterocycles. The van der Waals surface area contributed by atoms with Crippen LogP contribution in [0.15, 0.2) is 60.4 Å². The van der Waals surface area contributed by atoms with Crippen LogP contribution >= 0.6 is 0 Å². The van der Waals surface area contributed by atoms with E-state index in [2.05, 4.69) is 29.1 Å². The number of rotatable bonds is 8. The topological polar surface area (TPSA) is 120 Å². The highest BCUT2D eigenvalue weighted by Gasteiger charge is 2.41. The molecule has 1 saturated carbocycles. The summed E-state index contributed by atoms with van der Waals surface area (Å²) in [5.74, 6) is 0.113. The number of halogens is 1. The smallest absolute Gasteiger partial charge is 0.219 e. The zero-order chi connectivity index (χ0) is 31.5. The maximum absolute atomic E-state index is 14.0. The van der Waals surface area contributed by atoms with Gasteiger partial charge >= 0.3 is 0 Å². The van der Waals surface area contributed by atoms with Crippen molar-refractivity contribution in [3.05, 3.63) is 99.6 Å². The second-order valence-corrected chi connectivity index (χ2v) is 14.4. The predicted octanol–water partition coefficient (Wildman–Crippen LogP) is 5.89. The molecule has 232 valence electrons. The second-order valence-electron chi connectivity index (χ2n) is 12.2. The summed E-state index contributed by atoms with van der Waals surface area (Å²) in [5.41, 5.74) is 13.2. The number of benzene rings is 2. The third-order valence-electron chi connectivity index (χ3n) is 9.12. The third-order valence-corrected chi connectivity index (χ3v) is 11.5. The van der Waals surface area contributed by atoms with E-state index >= 15 is 0 Å². The lowest BCUT2D eigenvalue weighted by Crippen LogP contribution is -2.39. The Hall–Kier alpha value is -4.35. The van der Waals surface area contributed by atoms with Gasteiger partial charge in [-0.2, -0.15) is 5.10 Å². The maximum atomic E-state index is 14.0. The van der Waals surface area contributed by atoms with E-state index in [4.69, 9.17) is 10.5 Å². The van der Waals surface area contributed by atoms with E-state index in [1.54, 1.807) is 22.5 Å². The van der Waals surface area contributed by atoms with Crippen molar-refractivity contribution in [3.63, 3.8) is 0 Å². The second kappa shape index (κ2) is 11.2. The van der Waals surface area contributed by atoms with Crippen LogP contribution in [0.5, 0.6) is 11.6 Å². The molecule has 7 rings (SSSR count). The maximum Gasteiger partial charge on any atom is 0.219 e. The van der Waals surface area contributed by atoms with Gasteiger partial charge in [-0.3, -0.25) is 4.79 Å². The molecule has 0 unspecified atom stereocenters. The predicted molar refractivity (Wildman–Crippen MR) is 170 cm³/mol. The molecule has 2 N–H and O–H groups in total. The minimum Gasteiger partial charge on any atom is -0.436 e. The quantitative estimate of drug-likeness (QED) is 0.242. The lowest BCUT2D eigenvalue weighted by Gasteiger charge is -2.32. The molecule has 1 saturated heterocycles. The van der Waals surface area contributed by atoms with Gasteiger partial charge in [0.1, 0.15) is 5.82 Å². The Morgan fingerprint density at radius 3 is 2.49 bits per heavy atom. The van der Waals surface area contributed by atoms with Crippen LogP contribution in [0.1, 0.15) is 69.8 Å². The van der Waals surface area contributed by atoms with Crippen LogP contribution in [0.2, 0.25) is 0 Å². The van der Waals surface area contributed by atoms with Crippen LogP contribution in [0.3, 0.4) is 0 Å². The van der Waals surface area contributed by atoms with Crippen molar-refractivity contribution in [1.82, 2.24) is 19.1 Å². The van der Waals surface area contributed by atoms with E-state index in [1.165, 1.54) is 34.8 Å². The number of aryl methyl sites for hydroxylation is 2. The number of nitrogen functional groups attached to an aromatic ring is 1. The number of hydrogen-bond acceptors (Lipinski definition) is 7. The number of sulfonamides is 1. The van der Waals surface area contributed by atoms with E-state index in [9.17, 15) is 17.6 Å². The molecule has 0 bridgehead atoms. The molecule has 2 aliphatic carbocycles. The van der Waals surface area contributed by atoms with Gasteiger partial charge in [0.05, 0.1) is 28.9 Å². The summed E-state index contributed by atoms with van der Waals surface area (Å²) in [4.78, 5) is 18.0. The number of piperidine rings is 1.